The van der Waals surface area contributed by atoms with Crippen LogP contribution in [-0.2, 0) is 4.94 Å². The van der Waals surface area contributed by atoms with Crippen LogP contribution in [0.1, 0.15) is 6.92 Å². The first-order chi connectivity index (χ1) is 3.27. The van der Waals surface area contributed by atoms with Crippen molar-refractivity contribution in [2.24, 2.45) is 0 Å². The fourth-order valence-corrected chi connectivity index (χ4v) is 0.120. The molecule has 0 aromatic heterocycles. The minimum atomic E-state index is -0.649. The van der Waals surface area contributed by atoms with Gasteiger partial charge in [0, 0.05) is 6.54 Å². The van der Waals surface area contributed by atoms with Crippen LogP contribution in [0.3, 0.4) is 0 Å². The topological polar surface area (TPSA) is 67.8 Å². The lowest BCUT2D eigenvalue weighted by atomic mass is 10.8. The summed E-state index contributed by atoms with van der Waals surface area (Å²) in [7, 11) is 0. The highest BCUT2D eigenvalue weighted by atomic mass is 17.1. The Morgan fingerprint density at radius 3 is 2.71 bits per heavy atom. The summed E-state index contributed by atoms with van der Waals surface area (Å²) >= 11 is 0. The third-order valence-electron chi connectivity index (χ3n) is 0.287. The van der Waals surface area contributed by atoms with E-state index in [-0.39, 0.29) is 0 Å². The SMILES string of the molecule is CCNON([O-])O. The molecule has 5 nitrogen and oxygen atoms in total. The minimum Gasteiger partial charge on any atom is -0.737 e. The van der Waals surface area contributed by atoms with Crippen molar-refractivity contribution in [2.45, 2.75) is 6.92 Å². The molecule has 7 heavy (non-hydrogen) atoms. The smallest absolute Gasteiger partial charge is 0.0201 e. The van der Waals surface area contributed by atoms with Crippen LogP contribution in [0.4, 0.5) is 0 Å². The van der Waals surface area contributed by atoms with Gasteiger partial charge in [0.25, 0.3) is 0 Å². The summed E-state index contributed by atoms with van der Waals surface area (Å²) in [5, 5.41) is 16.4. The van der Waals surface area contributed by atoms with E-state index in [0.29, 0.717) is 6.54 Å². The van der Waals surface area contributed by atoms with E-state index in [0.717, 1.165) is 0 Å². The maximum Gasteiger partial charge on any atom is 0.0201 e. The molecule has 0 fully saturated rings. The molecule has 0 rings (SSSR count). The molecule has 44 valence electrons. The quantitative estimate of drug-likeness (QED) is 0.481. The van der Waals surface area contributed by atoms with Crippen LogP contribution in [0.15, 0.2) is 0 Å². The second-order valence-electron chi connectivity index (χ2n) is 0.827. The van der Waals surface area contributed by atoms with E-state index in [1.807, 2.05) is 0 Å². The van der Waals surface area contributed by atoms with Gasteiger partial charge < -0.3 is 5.21 Å². The highest BCUT2D eigenvalue weighted by molar-refractivity contribution is 4.13. The molecule has 0 saturated carbocycles. The molecule has 0 bridgehead atoms. The molecule has 0 aliphatic carbocycles. The molecule has 0 aromatic rings. The van der Waals surface area contributed by atoms with Crippen molar-refractivity contribution in [1.82, 2.24) is 10.9 Å². The van der Waals surface area contributed by atoms with Gasteiger partial charge in [0.2, 0.25) is 0 Å². The fraction of sp³-hybridized carbons (Fsp3) is 1.00. The molecule has 2 N–H and O–H groups in total. The van der Waals surface area contributed by atoms with Gasteiger partial charge in [0.1, 0.15) is 0 Å². The summed E-state index contributed by atoms with van der Waals surface area (Å²) in [6, 6.07) is 0. The summed E-state index contributed by atoms with van der Waals surface area (Å²) in [5.41, 5.74) is 2.11. The number of rotatable bonds is 3. The summed E-state index contributed by atoms with van der Waals surface area (Å²) in [6.07, 6.45) is 0. The lowest BCUT2D eigenvalue weighted by molar-refractivity contribution is -0.337. The van der Waals surface area contributed by atoms with Gasteiger partial charge in [-0.1, -0.05) is 6.92 Å². The van der Waals surface area contributed by atoms with Crippen LogP contribution < -0.4 is 5.48 Å². The van der Waals surface area contributed by atoms with E-state index >= 15 is 0 Å². The summed E-state index contributed by atoms with van der Waals surface area (Å²) < 4.78 is 0. The minimum absolute atomic E-state index is 0.472. The molecule has 0 saturated heterocycles. The van der Waals surface area contributed by atoms with Crippen LogP contribution in [0.2, 0.25) is 0 Å². The van der Waals surface area contributed by atoms with Gasteiger partial charge in [-0.3, -0.25) is 5.21 Å². The van der Waals surface area contributed by atoms with Gasteiger partial charge in [0.05, 0.1) is 0 Å². The molecule has 0 unspecified atom stereocenters. The Balaban J connectivity index is 2.68. The maximum atomic E-state index is 9.39. The first-order valence-corrected chi connectivity index (χ1v) is 1.83. The highest BCUT2D eigenvalue weighted by Crippen LogP contribution is 1.69. The average molecular weight is 107 g/mol. The standard InChI is InChI=1S/C2H7N2O3/c1-2-3-7-4(5)6/h3,5H,2H2,1H3/q-1. The second-order valence-corrected chi connectivity index (χ2v) is 0.827. The van der Waals surface area contributed by atoms with E-state index in [4.69, 9.17) is 5.21 Å². The van der Waals surface area contributed by atoms with Crippen molar-refractivity contribution in [2.75, 3.05) is 6.54 Å². The molecule has 0 aromatic carbocycles. The highest BCUT2D eigenvalue weighted by Gasteiger charge is 1.75. The first-order valence-electron chi connectivity index (χ1n) is 1.83. The van der Waals surface area contributed by atoms with Gasteiger partial charge in [-0.05, 0) is 0 Å². The number of nitrogens with zero attached hydrogens (tertiary/aromatic N) is 1. The predicted octanol–water partition coefficient (Wildman–Crippen LogP) is -0.368. The summed E-state index contributed by atoms with van der Waals surface area (Å²) in [4.78, 5) is 3.77. The summed E-state index contributed by atoms with van der Waals surface area (Å²) in [6.45, 7) is 2.20. The number of hydrogen-bond donors (Lipinski definition) is 2. The Hall–Kier alpha value is -0.200. The Bertz CT molecular complexity index is 39.9. The van der Waals surface area contributed by atoms with E-state index in [9.17, 15) is 5.21 Å². The van der Waals surface area contributed by atoms with Crippen LogP contribution in [-0.4, -0.2) is 17.1 Å². The number of hydrogen-bond acceptors (Lipinski definition) is 5. The molecule has 0 amide bonds. The zero-order valence-corrected chi connectivity index (χ0v) is 3.92. The van der Waals surface area contributed by atoms with Crippen molar-refractivity contribution in [1.29, 1.82) is 0 Å². The van der Waals surface area contributed by atoms with E-state index in [2.05, 4.69) is 10.4 Å². The van der Waals surface area contributed by atoms with Gasteiger partial charge in [0.15, 0.2) is 0 Å². The van der Waals surface area contributed by atoms with Crippen LogP contribution >= 0.6 is 0 Å². The van der Waals surface area contributed by atoms with Gasteiger partial charge in [-0.2, -0.15) is 10.4 Å². The Morgan fingerprint density at radius 2 is 2.57 bits per heavy atom. The normalized spacial score (nSPS) is 10.3. The Labute approximate surface area is 40.9 Å². The zero-order valence-electron chi connectivity index (χ0n) is 3.92. The van der Waals surface area contributed by atoms with Crippen molar-refractivity contribution >= 4 is 0 Å². The molecule has 0 radical (unpaired) electrons. The Kier molecular flexibility index (Phi) is 3.86. The maximum absolute atomic E-state index is 9.39. The zero-order chi connectivity index (χ0) is 5.70. The van der Waals surface area contributed by atoms with Crippen LogP contribution in [0.25, 0.3) is 0 Å². The molecule has 0 heterocycles. The average Bonchev–Trinajstić information content (AvgIpc) is 1.61. The van der Waals surface area contributed by atoms with Crippen LogP contribution in [0.5, 0.6) is 0 Å². The number of nitrogens with one attached hydrogen (secondary N) is 1. The summed E-state index contributed by atoms with van der Waals surface area (Å²) in [5.74, 6) is 0. The largest absolute Gasteiger partial charge is 0.737 e. The van der Waals surface area contributed by atoms with Crippen LogP contribution in [0, 0.1) is 5.21 Å². The molecule has 0 spiro atoms. The molecule has 0 aliphatic heterocycles. The van der Waals surface area contributed by atoms with E-state index < -0.39 is 5.39 Å². The Morgan fingerprint density at radius 1 is 2.00 bits per heavy atom. The molecular weight excluding hydrogens is 100 g/mol. The third-order valence-corrected chi connectivity index (χ3v) is 0.287. The van der Waals surface area contributed by atoms with Crippen molar-refractivity contribution in [3.8, 4) is 0 Å². The van der Waals surface area contributed by atoms with Crippen molar-refractivity contribution in [3.63, 3.8) is 0 Å². The van der Waals surface area contributed by atoms with Gasteiger partial charge in [-0.15, -0.1) is 5.39 Å². The molecule has 5 heteroatoms. The first kappa shape index (κ1) is 6.80. The van der Waals surface area contributed by atoms with Gasteiger partial charge >= 0.3 is 0 Å². The predicted molar refractivity (Wildman–Crippen MR) is 21.8 cm³/mol. The van der Waals surface area contributed by atoms with Gasteiger partial charge in [-0.25, -0.2) is 0 Å². The third kappa shape index (κ3) is 5.80. The molecule has 0 aliphatic rings. The lowest BCUT2D eigenvalue weighted by Crippen LogP contribution is -2.23. The monoisotopic (exact) mass is 107 g/mol. The van der Waals surface area contributed by atoms with Crippen molar-refractivity contribution < 1.29 is 10.1 Å². The second kappa shape index (κ2) is 3.97. The molecular formula is C2H7N2O3-. The lowest BCUT2D eigenvalue weighted by Gasteiger charge is -2.16. The number of hydroxylamine groups is 1. The van der Waals surface area contributed by atoms with E-state index in [1.54, 1.807) is 6.92 Å². The van der Waals surface area contributed by atoms with E-state index in [1.165, 1.54) is 0 Å². The molecule has 0 atom stereocenters. The fourth-order valence-electron chi connectivity index (χ4n) is 0.120. The van der Waals surface area contributed by atoms with Crippen molar-refractivity contribution in [3.05, 3.63) is 5.21 Å².